The monoisotopic (exact) mass is 472 g/mol. The van der Waals surface area contributed by atoms with Gasteiger partial charge in [0.1, 0.15) is 0 Å². The summed E-state index contributed by atoms with van der Waals surface area (Å²) in [5.74, 6) is 0. The Hall–Kier alpha value is 0.880. The first-order valence-electron chi connectivity index (χ1n) is 4.80. The molecule has 0 atom stereocenters. The van der Waals surface area contributed by atoms with Crippen LogP contribution in [0.15, 0.2) is 46.6 Å². The van der Waals surface area contributed by atoms with Gasteiger partial charge in [-0.1, -0.05) is 88.0 Å². The summed E-state index contributed by atoms with van der Waals surface area (Å²) in [5, 5.41) is 3.53. The molecule has 0 spiro atoms. The van der Waals surface area contributed by atoms with Gasteiger partial charge in [0.2, 0.25) is 0 Å². The molecule has 88 valence electrons. The van der Waals surface area contributed by atoms with Gasteiger partial charge in [0.15, 0.2) is 0 Å². The van der Waals surface area contributed by atoms with Gasteiger partial charge in [-0.25, -0.2) is 0 Å². The molecular formula is C12H12Br4. The van der Waals surface area contributed by atoms with Gasteiger partial charge >= 0.3 is 0 Å². The molecule has 1 aliphatic carbocycles. The molecule has 0 nitrogen and oxygen atoms in total. The summed E-state index contributed by atoms with van der Waals surface area (Å²) in [6.07, 6.45) is 8.75. The molecule has 0 saturated heterocycles. The number of halogens is 4. The first-order valence-corrected chi connectivity index (χ1v) is 9.29. The molecule has 0 bridgehead atoms. The Kier molecular flexibility index (Phi) is 7.53. The van der Waals surface area contributed by atoms with Crippen LogP contribution in [0.1, 0.15) is 0 Å². The Morgan fingerprint density at radius 2 is 0.688 bits per heavy atom. The van der Waals surface area contributed by atoms with Crippen molar-refractivity contribution >= 4 is 63.7 Å². The highest BCUT2D eigenvalue weighted by molar-refractivity contribution is 9.09. The minimum absolute atomic E-state index is 0.883. The fourth-order valence-corrected chi connectivity index (χ4v) is 3.54. The third-order valence-electron chi connectivity index (χ3n) is 2.37. The maximum Gasteiger partial charge on any atom is 0.0286 e. The second-order valence-corrected chi connectivity index (χ2v) is 5.55. The van der Waals surface area contributed by atoms with Gasteiger partial charge < -0.3 is 0 Å². The summed E-state index contributed by atoms with van der Waals surface area (Å²) < 4.78 is 0. The van der Waals surface area contributed by atoms with Gasteiger partial charge in [-0.3, -0.25) is 0 Å². The third-order valence-corrected chi connectivity index (χ3v) is 4.79. The summed E-state index contributed by atoms with van der Waals surface area (Å²) in [6.45, 7) is 0. The smallest absolute Gasteiger partial charge is 0.0286 e. The zero-order valence-electron chi connectivity index (χ0n) is 8.65. The predicted octanol–water partition coefficient (Wildman–Crippen LogP) is 5.29. The molecule has 0 aromatic carbocycles. The van der Waals surface area contributed by atoms with Gasteiger partial charge in [-0.05, 0) is 22.3 Å². The summed E-state index contributed by atoms with van der Waals surface area (Å²) in [7, 11) is 0. The van der Waals surface area contributed by atoms with E-state index in [0.29, 0.717) is 0 Å². The highest BCUT2D eigenvalue weighted by Crippen LogP contribution is 2.22. The van der Waals surface area contributed by atoms with E-state index >= 15 is 0 Å². The number of rotatable bonds is 4. The molecule has 0 aromatic heterocycles. The lowest BCUT2D eigenvalue weighted by atomic mass is 10.0. The number of hydrogen-bond acceptors (Lipinski definition) is 0. The van der Waals surface area contributed by atoms with Crippen LogP contribution in [0.3, 0.4) is 0 Å². The fraction of sp³-hybridized carbons (Fsp3) is 0.333. The average molecular weight is 476 g/mol. The van der Waals surface area contributed by atoms with Gasteiger partial charge in [-0.2, -0.15) is 0 Å². The van der Waals surface area contributed by atoms with Crippen molar-refractivity contribution in [3.05, 3.63) is 46.6 Å². The van der Waals surface area contributed by atoms with Gasteiger partial charge in [-0.15, -0.1) is 0 Å². The Bertz CT molecular complexity index is 293. The topological polar surface area (TPSA) is 0 Å². The highest BCUT2D eigenvalue weighted by atomic mass is 79.9. The number of hydrogen-bond donors (Lipinski definition) is 0. The van der Waals surface area contributed by atoms with E-state index in [1.807, 2.05) is 0 Å². The van der Waals surface area contributed by atoms with E-state index in [2.05, 4.69) is 88.0 Å². The molecule has 1 aliphatic rings. The molecule has 0 unspecified atom stereocenters. The first kappa shape index (κ1) is 14.9. The fourth-order valence-electron chi connectivity index (χ4n) is 1.35. The van der Waals surface area contributed by atoms with Crippen molar-refractivity contribution in [3.8, 4) is 0 Å². The van der Waals surface area contributed by atoms with E-state index in [9.17, 15) is 0 Å². The van der Waals surface area contributed by atoms with E-state index in [1.54, 1.807) is 0 Å². The Balaban J connectivity index is 3.13. The molecule has 4 heteroatoms. The largest absolute Gasteiger partial charge is 0.0876 e. The van der Waals surface area contributed by atoms with Crippen molar-refractivity contribution in [1.82, 2.24) is 0 Å². The zero-order valence-corrected chi connectivity index (χ0v) is 15.0. The standard InChI is InChI=1S/C12H12Br4/c13-5-9-1-2-10(6-14)12(8-16)4-3-11(9)7-15/h1-4H,5-8H2/b2-1-,4-3-,9-1?,10-2?,11-3?,11-9-,12-4?,12-10-. The Morgan fingerprint density at radius 1 is 0.500 bits per heavy atom. The zero-order chi connectivity index (χ0) is 12.0. The lowest BCUT2D eigenvalue weighted by Gasteiger charge is -2.10. The van der Waals surface area contributed by atoms with E-state index in [0.717, 1.165) is 21.3 Å². The molecule has 0 radical (unpaired) electrons. The molecule has 0 amide bonds. The molecular weight excluding hydrogens is 464 g/mol. The predicted molar refractivity (Wildman–Crippen MR) is 87.5 cm³/mol. The molecule has 1 rings (SSSR count). The number of alkyl halides is 4. The van der Waals surface area contributed by atoms with Crippen molar-refractivity contribution in [2.45, 2.75) is 0 Å². The molecule has 0 saturated carbocycles. The Morgan fingerprint density at radius 3 is 0.812 bits per heavy atom. The van der Waals surface area contributed by atoms with Crippen molar-refractivity contribution in [2.24, 2.45) is 0 Å². The maximum atomic E-state index is 3.53. The molecule has 0 fully saturated rings. The second-order valence-electron chi connectivity index (χ2n) is 3.30. The normalized spacial score (nSPS) is 29.8. The van der Waals surface area contributed by atoms with Crippen LogP contribution in [0.25, 0.3) is 0 Å². The Labute approximate surface area is 130 Å². The summed E-state index contributed by atoms with van der Waals surface area (Å²) in [4.78, 5) is 0. The van der Waals surface area contributed by atoms with Crippen molar-refractivity contribution in [3.63, 3.8) is 0 Å². The molecule has 0 N–H and O–H groups in total. The first-order chi connectivity index (χ1) is 7.76. The lowest BCUT2D eigenvalue weighted by Crippen LogP contribution is -1.97. The van der Waals surface area contributed by atoms with Crippen LogP contribution in [0.4, 0.5) is 0 Å². The van der Waals surface area contributed by atoms with Crippen LogP contribution in [0.5, 0.6) is 0 Å². The maximum absolute atomic E-state index is 3.53. The third kappa shape index (κ3) is 3.97. The van der Waals surface area contributed by atoms with Crippen molar-refractivity contribution in [2.75, 3.05) is 21.3 Å². The van der Waals surface area contributed by atoms with Crippen LogP contribution in [-0.4, -0.2) is 21.3 Å². The minimum atomic E-state index is 0.883. The van der Waals surface area contributed by atoms with E-state index in [4.69, 9.17) is 0 Å². The number of allylic oxidation sites excluding steroid dienone is 8. The van der Waals surface area contributed by atoms with Crippen LogP contribution < -0.4 is 0 Å². The van der Waals surface area contributed by atoms with Gasteiger partial charge in [0, 0.05) is 21.3 Å². The highest BCUT2D eigenvalue weighted by Gasteiger charge is 2.05. The van der Waals surface area contributed by atoms with Crippen LogP contribution in [0, 0.1) is 0 Å². The molecule has 16 heavy (non-hydrogen) atoms. The molecule has 0 aromatic rings. The molecule has 0 aliphatic heterocycles. The minimum Gasteiger partial charge on any atom is -0.0876 e. The lowest BCUT2D eigenvalue weighted by molar-refractivity contribution is 1.34. The second kappa shape index (κ2) is 8.06. The van der Waals surface area contributed by atoms with E-state index in [1.165, 1.54) is 22.3 Å². The average Bonchev–Trinajstić information content (AvgIpc) is 2.30. The summed E-state index contributed by atoms with van der Waals surface area (Å²) in [5.41, 5.74) is 5.28. The van der Waals surface area contributed by atoms with Gasteiger partial charge in [0.05, 0.1) is 0 Å². The molecule has 0 heterocycles. The van der Waals surface area contributed by atoms with Gasteiger partial charge in [0.25, 0.3) is 0 Å². The van der Waals surface area contributed by atoms with Crippen LogP contribution in [0.2, 0.25) is 0 Å². The van der Waals surface area contributed by atoms with E-state index in [-0.39, 0.29) is 0 Å². The van der Waals surface area contributed by atoms with Crippen LogP contribution in [-0.2, 0) is 0 Å². The van der Waals surface area contributed by atoms with Crippen LogP contribution >= 0.6 is 63.7 Å². The SMILES string of the molecule is BrCC1=C(CBr)/C=C\C(CBr)=C(CBr)/C=C\1. The van der Waals surface area contributed by atoms with E-state index < -0.39 is 0 Å². The quantitative estimate of drug-likeness (QED) is 0.485. The summed E-state index contributed by atoms with van der Waals surface area (Å²) >= 11 is 14.1. The summed E-state index contributed by atoms with van der Waals surface area (Å²) in [6, 6.07) is 0. The van der Waals surface area contributed by atoms with Crippen molar-refractivity contribution in [1.29, 1.82) is 0 Å². The van der Waals surface area contributed by atoms with Crippen molar-refractivity contribution < 1.29 is 0 Å².